The van der Waals surface area contributed by atoms with E-state index in [4.69, 9.17) is 5.11 Å². The van der Waals surface area contributed by atoms with Gasteiger partial charge in [-0.05, 0) is 46.5 Å². The molecule has 0 aliphatic rings. The SMILES string of the molecule is O=C(/C=C(\O)C(F)(F)F)C(F)(F)F.O=P(c1ccccc1)(c1ccccc1)c1ccccc1-c1ccc(F)cc1.O=P(c1ccccc1)(c1ccccc1)c1ccccc1-c1ccc(F)cc1.[Eu]. The van der Waals surface area contributed by atoms with Crippen molar-refractivity contribution in [3.8, 4) is 22.3 Å². The summed E-state index contributed by atoms with van der Waals surface area (Å²) in [7, 11) is -6.17. The van der Waals surface area contributed by atoms with Gasteiger partial charge in [-0.2, -0.15) is 26.3 Å². The summed E-state index contributed by atoms with van der Waals surface area (Å²) in [5.41, 5.74) is 3.40. The van der Waals surface area contributed by atoms with E-state index in [2.05, 4.69) is 0 Å². The monoisotopic (exact) mass is 1110 g/mol. The molecule has 0 aromatic heterocycles. The second kappa shape index (κ2) is 23.6. The van der Waals surface area contributed by atoms with Crippen molar-refractivity contribution in [2.75, 3.05) is 0 Å². The molecule has 8 aromatic carbocycles. The maximum absolute atomic E-state index is 14.6. The maximum Gasteiger partial charge on any atom is 0.454 e. The molecule has 0 saturated heterocycles. The van der Waals surface area contributed by atoms with E-state index in [1.807, 2.05) is 170 Å². The second-order valence-corrected chi connectivity index (χ2v) is 20.0. The first kappa shape index (κ1) is 53.4. The Bertz CT molecular complexity index is 2760. The van der Waals surface area contributed by atoms with Gasteiger partial charge in [-0.1, -0.05) is 194 Å². The number of ketones is 1. The van der Waals surface area contributed by atoms with Gasteiger partial charge in [-0.3, -0.25) is 4.79 Å². The van der Waals surface area contributed by atoms with Gasteiger partial charge in [-0.15, -0.1) is 0 Å². The summed E-state index contributed by atoms with van der Waals surface area (Å²) in [6, 6.07) is 66.3. The molecule has 0 aliphatic heterocycles. The Balaban J connectivity index is 0.000000202. The van der Waals surface area contributed by atoms with Crippen molar-refractivity contribution in [2.45, 2.75) is 12.4 Å². The predicted molar refractivity (Wildman–Crippen MR) is 250 cm³/mol. The van der Waals surface area contributed by atoms with E-state index in [1.54, 1.807) is 24.3 Å². The molecule has 347 valence electrons. The van der Waals surface area contributed by atoms with Crippen LogP contribution in [0.15, 0.2) is 230 Å². The van der Waals surface area contributed by atoms with Crippen LogP contribution in [0.25, 0.3) is 22.3 Å². The molecule has 8 aromatic rings. The molecule has 0 atom stereocenters. The molecule has 0 unspecified atom stereocenters. The topological polar surface area (TPSA) is 71.4 Å². The molecule has 0 amide bonds. The van der Waals surface area contributed by atoms with Crippen molar-refractivity contribution in [3.05, 3.63) is 242 Å². The van der Waals surface area contributed by atoms with Crippen molar-refractivity contribution < 1.29 is 104 Å². The summed E-state index contributed by atoms with van der Waals surface area (Å²) in [4.78, 5) is 9.86. The standard InChI is InChI=1S/2C24H18FOP.C5H2F6O2.Eu/c2*25-20-17-15-19(16-18-20)23-13-7-8-14-24(23)27(26,21-9-3-1-4-10-21)22-11-5-2-6-12-22;6-4(7,8)2(12)1-3(13)5(9,10)11;/h2*1-18H;1,12H;/b;;2-1-;. The van der Waals surface area contributed by atoms with Crippen molar-refractivity contribution in [2.24, 2.45) is 0 Å². The van der Waals surface area contributed by atoms with Crippen molar-refractivity contribution in [1.82, 2.24) is 0 Å². The molecule has 1 radical (unpaired) electrons. The number of benzene rings is 8. The summed E-state index contributed by atoms with van der Waals surface area (Å²) >= 11 is 0. The number of hydrogen-bond donors (Lipinski definition) is 1. The largest absolute Gasteiger partial charge is 0.504 e. The Labute approximate surface area is 428 Å². The molecule has 0 aliphatic carbocycles. The van der Waals surface area contributed by atoms with Gasteiger partial charge in [-0.25, -0.2) is 8.78 Å². The summed E-state index contributed by atoms with van der Waals surface area (Å²) in [6.45, 7) is 0. The molecule has 8 rings (SSSR count). The first-order chi connectivity index (χ1) is 31.9. The maximum atomic E-state index is 14.6. The van der Waals surface area contributed by atoms with Gasteiger partial charge in [0.25, 0.3) is 5.78 Å². The Morgan fingerprint density at radius 2 is 0.662 bits per heavy atom. The molecule has 1 N–H and O–H groups in total. The number of halogens is 8. The number of carbonyl (C=O) groups is 1. The van der Waals surface area contributed by atoms with Crippen LogP contribution in [0.3, 0.4) is 0 Å². The molecule has 0 spiro atoms. The van der Waals surface area contributed by atoms with Crippen LogP contribution >= 0.6 is 14.3 Å². The predicted octanol–water partition coefficient (Wildman–Crippen LogP) is 12.4. The van der Waals surface area contributed by atoms with Crippen molar-refractivity contribution in [1.29, 1.82) is 0 Å². The van der Waals surface area contributed by atoms with Crippen LogP contribution in [0, 0.1) is 61.0 Å². The minimum absolute atomic E-state index is 0. The fourth-order valence-corrected chi connectivity index (χ4v) is 12.7. The number of aliphatic hydroxyl groups excluding tert-OH is 1. The summed E-state index contributed by atoms with van der Waals surface area (Å²) in [5.74, 6) is -5.91. The van der Waals surface area contributed by atoms with E-state index in [9.17, 15) is 49.0 Å². The zero-order valence-corrected chi connectivity index (χ0v) is 39.5. The molecule has 0 saturated carbocycles. The molecule has 68 heavy (non-hydrogen) atoms. The zero-order valence-electron chi connectivity index (χ0n) is 35.3. The van der Waals surface area contributed by atoms with Crippen molar-refractivity contribution >= 4 is 51.9 Å². The molecular weight excluding hydrogens is 1070 g/mol. The van der Waals surface area contributed by atoms with Gasteiger partial charge >= 0.3 is 12.4 Å². The normalized spacial score (nSPS) is 11.7. The molecule has 0 heterocycles. The Hall–Kier alpha value is -5.55. The van der Waals surface area contributed by atoms with Gasteiger partial charge in [0.1, 0.15) is 11.6 Å². The Kier molecular flexibility index (Phi) is 18.6. The number of hydrogen-bond acceptors (Lipinski definition) is 4. The quantitative estimate of drug-likeness (QED) is 0.0677. The molecule has 4 nitrogen and oxygen atoms in total. The van der Waals surface area contributed by atoms with Gasteiger partial charge < -0.3 is 14.2 Å². The molecule has 15 heteroatoms. The third-order valence-electron chi connectivity index (χ3n) is 10.1. The van der Waals surface area contributed by atoms with Gasteiger partial charge in [0.2, 0.25) is 5.76 Å². The Morgan fingerprint density at radius 1 is 0.397 bits per heavy atom. The van der Waals surface area contributed by atoms with Crippen LogP contribution in [-0.4, -0.2) is 23.2 Å². The zero-order chi connectivity index (χ0) is 48.2. The van der Waals surface area contributed by atoms with Crippen LogP contribution in [0.1, 0.15) is 0 Å². The third kappa shape index (κ3) is 13.0. The first-order valence-electron chi connectivity index (χ1n) is 20.2. The van der Waals surface area contributed by atoms with E-state index in [1.165, 1.54) is 24.3 Å². The summed E-state index contributed by atoms with van der Waals surface area (Å²) in [6.07, 6.45) is -11.7. The minimum Gasteiger partial charge on any atom is -0.504 e. The first-order valence-corrected chi connectivity index (χ1v) is 23.6. The second-order valence-electron chi connectivity index (χ2n) is 14.5. The van der Waals surface area contributed by atoms with Crippen LogP contribution in [-0.2, 0) is 13.9 Å². The third-order valence-corrected chi connectivity index (χ3v) is 16.4. The number of aliphatic hydroxyl groups is 1. The minimum atomic E-state index is -5.42. The smallest absolute Gasteiger partial charge is 0.454 e. The van der Waals surface area contributed by atoms with Gasteiger partial charge in [0.05, 0.1) is 0 Å². The molecule has 0 bridgehead atoms. The summed E-state index contributed by atoms with van der Waals surface area (Å²) < 4.78 is 124. The van der Waals surface area contributed by atoms with Crippen LogP contribution in [0.2, 0.25) is 0 Å². The van der Waals surface area contributed by atoms with E-state index in [-0.39, 0.29) is 61.0 Å². The van der Waals surface area contributed by atoms with Crippen LogP contribution in [0.5, 0.6) is 0 Å². The van der Waals surface area contributed by atoms with E-state index in [0.29, 0.717) is 0 Å². The van der Waals surface area contributed by atoms with E-state index in [0.717, 1.165) is 54.1 Å². The van der Waals surface area contributed by atoms with Gasteiger partial charge in [0, 0.05) is 87.3 Å². The average molecular weight is 1100 g/mol. The van der Waals surface area contributed by atoms with Crippen LogP contribution in [0.4, 0.5) is 35.1 Å². The average Bonchev–Trinajstić information content (AvgIpc) is 3.35. The fourth-order valence-electron chi connectivity index (χ4n) is 6.94. The number of allylic oxidation sites excluding steroid dienone is 2. The molecule has 0 fully saturated rings. The van der Waals surface area contributed by atoms with E-state index < -0.39 is 44.3 Å². The number of rotatable bonds is 9. The fraction of sp³-hybridized carbons (Fsp3) is 0.0377. The van der Waals surface area contributed by atoms with Gasteiger partial charge in [0.15, 0.2) is 14.3 Å². The Morgan fingerprint density at radius 3 is 0.926 bits per heavy atom. The number of carbonyl (C=O) groups excluding carboxylic acids is 1. The van der Waals surface area contributed by atoms with Crippen LogP contribution < -0.4 is 31.8 Å². The summed E-state index contributed by atoms with van der Waals surface area (Å²) in [5, 5.41) is 12.6. The molecular formula is C53H38EuF8O4P2. The van der Waals surface area contributed by atoms with E-state index >= 15 is 0 Å². The number of alkyl halides is 6. The van der Waals surface area contributed by atoms with Crippen molar-refractivity contribution in [3.63, 3.8) is 0 Å².